The Balaban J connectivity index is 1.86. The lowest BCUT2D eigenvalue weighted by Gasteiger charge is -2.03. The first-order valence-corrected chi connectivity index (χ1v) is 9.25. The van der Waals surface area contributed by atoms with Gasteiger partial charge in [-0.1, -0.05) is 48.5 Å². The smallest absolute Gasteiger partial charge is 0.118 e. The number of rotatable bonds is 5. The zero-order valence-corrected chi connectivity index (χ0v) is 16.0. The van der Waals surface area contributed by atoms with Crippen LogP contribution in [0, 0.1) is 11.3 Å². The highest BCUT2D eigenvalue weighted by Crippen LogP contribution is 2.29. The van der Waals surface area contributed by atoms with Crippen LogP contribution in [0.5, 0.6) is 5.75 Å². The maximum Gasteiger partial charge on any atom is 0.118 e. The number of para-hydroxylation sites is 1. The normalized spacial score (nSPS) is 11.1. The van der Waals surface area contributed by atoms with E-state index in [1.807, 2.05) is 102 Å². The lowest BCUT2D eigenvalue weighted by atomic mass is 10.0. The monoisotopic (exact) mass is 377 g/mol. The van der Waals surface area contributed by atoms with E-state index in [9.17, 15) is 5.26 Å². The lowest BCUT2D eigenvalue weighted by Crippen LogP contribution is -1.94. The van der Waals surface area contributed by atoms with Gasteiger partial charge in [-0.25, -0.2) is 4.68 Å². The Bertz CT molecular complexity index is 1170. The number of aromatic nitrogens is 2. The lowest BCUT2D eigenvalue weighted by molar-refractivity contribution is 0.415. The Morgan fingerprint density at radius 2 is 1.59 bits per heavy atom. The van der Waals surface area contributed by atoms with Crippen molar-refractivity contribution in [1.29, 1.82) is 5.26 Å². The third-order valence-electron chi connectivity index (χ3n) is 4.63. The first kappa shape index (κ1) is 18.3. The summed E-state index contributed by atoms with van der Waals surface area (Å²) in [5, 5.41) is 14.5. The van der Waals surface area contributed by atoms with Crippen molar-refractivity contribution < 1.29 is 4.74 Å². The SMILES string of the molecule is COc1ccc(-c2nn(-c3ccccc3)cc2/C=C(/C#N)c2ccccc2)cc1. The molecule has 0 N–H and O–H groups in total. The van der Waals surface area contributed by atoms with Gasteiger partial charge in [-0.05, 0) is 48.0 Å². The number of nitrogens with zero attached hydrogens (tertiary/aromatic N) is 3. The van der Waals surface area contributed by atoms with Crippen LogP contribution in [-0.2, 0) is 0 Å². The molecule has 0 atom stereocenters. The predicted molar refractivity (Wildman–Crippen MR) is 115 cm³/mol. The van der Waals surface area contributed by atoms with Crippen LogP contribution in [0.1, 0.15) is 11.1 Å². The van der Waals surface area contributed by atoms with Crippen LogP contribution in [0.15, 0.2) is 91.1 Å². The highest BCUT2D eigenvalue weighted by molar-refractivity contribution is 5.92. The van der Waals surface area contributed by atoms with Gasteiger partial charge >= 0.3 is 0 Å². The van der Waals surface area contributed by atoms with E-state index in [0.29, 0.717) is 5.57 Å². The minimum atomic E-state index is 0.591. The molecule has 4 heteroatoms. The molecular formula is C25H19N3O. The first-order valence-electron chi connectivity index (χ1n) is 9.25. The molecular weight excluding hydrogens is 358 g/mol. The minimum Gasteiger partial charge on any atom is -0.497 e. The molecule has 0 saturated heterocycles. The van der Waals surface area contributed by atoms with Crippen LogP contribution in [0.2, 0.25) is 0 Å². The maximum absolute atomic E-state index is 9.73. The van der Waals surface area contributed by atoms with E-state index < -0.39 is 0 Å². The molecule has 0 radical (unpaired) electrons. The summed E-state index contributed by atoms with van der Waals surface area (Å²) in [6, 6.07) is 29.7. The number of allylic oxidation sites excluding steroid dienone is 1. The van der Waals surface area contributed by atoms with Gasteiger partial charge in [0, 0.05) is 17.3 Å². The Labute approximate surface area is 169 Å². The van der Waals surface area contributed by atoms with Crippen molar-refractivity contribution in [3.63, 3.8) is 0 Å². The van der Waals surface area contributed by atoms with Crippen molar-refractivity contribution >= 4 is 11.6 Å². The van der Waals surface area contributed by atoms with E-state index in [-0.39, 0.29) is 0 Å². The largest absolute Gasteiger partial charge is 0.497 e. The van der Waals surface area contributed by atoms with E-state index in [4.69, 9.17) is 9.84 Å². The molecule has 0 amide bonds. The Kier molecular flexibility index (Phi) is 5.22. The summed E-state index contributed by atoms with van der Waals surface area (Å²) in [5.41, 5.74) is 5.06. The topological polar surface area (TPSA) is 50.8 Å². The van der Waals surface area contributed by atoms with Crippen LogP contribution in [0.4, 0.5) is 0 Å². The summed E-state index contributed by atoms with van der Waals surface area (Å²) in [6.07, 6.45) is 3.84. The average molecular weight is 377 g/mol. The minimum absolute atomic E-state index is 0.591. The van der Waals surface area contributed by atoms with Gasteiger partial charge in [0.1, 0.15) is 5.75 Å². The summed E-state index contributed by atoms with van der Waals surface area (Å²) in [5.74, 6) is 0.787. The fourth-order valence-electron chi connectivity index (χ4n) is 3.13. The van der Waals surface area contributed by atoms with Crippen LogP contribution in [0.3, 0.4) is 0 Å². The van der Waals surface area contributed by atoms with Gasteiger partial charge in [0.2, 0.25) is 0 Å². The predicted octanol–water partition coefficient (Wildman–Crippen LogP) is 5.61. The second-order valence-electron chi connectivity index (χ2n) is 6.48. The van der Waals surface area contributed by atoms with Gasteiger partial charge < -0.3 is 4.74 Å². The average Bonchev–Trinajstić information content (AvgIpc) is 3.22. The summed E-state index contributed by atoms with van der Waals surface area (Å²) < 4.78 is 7.11. The first-order chi connectivity index (χ1) is 14.3. The molecule has 0 bridgehead atoms. The fraction of sp³-hybridized carbons (Fsp3) is 0.0400. The van der Waals surface area contributed by atoms with Crippen molar-refractivity contribution in [1.82, 2.24) is 9.78 Å². The second-order valence-corrected chi connectivity index (χ2v) is 6.48. The summed E-state index contributed by atoms with van der Waals surface area (Å²) in [7, 11) is 1.65. The van der Waals surface area contributed by atoms with Crippen molar-refractivity contribution in [2.24, 2.45) is 0 Å². The highest BCUT2D eigenvalue weighted by Gasteiger charge is 2.13. The number of hydrogen-bond donors (Lipinski definition) is 0. The van der Waals surface area contributed by atoms with E-state index in [1.54, 1.807) is 7.11 Å². The van der Waals surface area contributed by atoms with Crippen molar-refractivity contribution in [3.05, 3.63) is 102 Å². The number of nitriles is 1. The van der Waals surface area contributed by atoms with E-state index in [1.165, 1.54) is 0 Å². The van der Waals surface area contributed by atoms with Gasteiger partial charge in [0.25, 0.3) is 0 Å². The van der Waals surface area contributed by atoms with Gasteiger partial charge in [0.05, 0.1) is 30.1 Å². The number of hydrogen-bond acceptors (Lipinski definition) is 3. The number of ether oxygens (including phenoxy) is 1. The fourth-order valence-corrected chi connectivity index (χ4v) is 3.13. The third-order valence-corrected chi connectivity index (χ3v) is 4.63. The summed E-state index contributed by atoms with van der Waals surface area (Å²) in [4.78, 5) is 0. The molecule has 0 spiro atoms. The summed E-state index contributed by atoms with van der Waals surface area (Å²) in [6.45, 7) is 0. The van der Waals surface area contributed by atoms with Gasteiger partial charge in [-0.2, -0.15) is 10.4 Å². The van der Waals surface area contributed by atoms with Crippen molar-refractivity contribution in [2.75, 3.05) is 7.11 Å². The second kappa shape index (κ2) is 8.28. The number of methoxy groups -OCH3 is 1. The molecule has 140 valence electrons. The summed E-state index contributed by atoms with van der Waals surface area (Å²) >= 11 is 0. The molecule has 0 fully saturated rings. The van der Waals surface area contributed by atoms with Crippen molar-refractivity contribution in [3.8, 4) is 28.8 Å². The van der Waals surface area contributed by atoms with Crippen molar-refractivity contribution in [2.45, 2.75) is 0 Å². The van der Waals surface area contributed by atoms with Crippen LogP contribution >= 0.6 is 0 Å². The molecule has 0 aliphatic heterocycles. The molecule has 0 saturated carbocycles. The number of benzene rings is 3. The molecule has 29 heavy (non-hydrogen) atoms. The molecule has 3 aromatic carbocycles. The van der Waals surface area contributed by atoms with E-state index in [0.717, 1.165) is 33.8 Å². The molecule has 0 aliphatic rings. The van der Waals surface area contributed by atoms with Gasteiger partial charge in [-0.15, -0.1) is 0 Å². The maximum atomic E-state index is 9.73. The molecule has 4 nitrogen and oxygen atoms in total. The van der Waals surface area contributed by atoms with Crippen LogP contribution in [0.25, 0.3) is 28.6 Å². The molecule has 4 rings (SSSR count). The van der Waals surface area contributed by atoms with Crippen LogP contribution in [-0.4, -0.2) is 16.9 Å². The van der Waals surface area contributed by atoms with Crippen LogP contribution < -0.4 is 4.74 Å². The Morgan fingerprint density at radius 1 is 0.931 bits per heavy atom. The van der Waals surface area contributed by atoms with Gasteiger partial charge in [-0.3, -0.25) is 0 Å². The quantitative estimate of drug-likeness (QED) is 0.425. The van der Waals surface area contributed by atoms with E-state index in [2.05, 4.69) is 6.07 Å². The Hall–Kier alpha value is -4.10. The molecule has 1 aromatic heterocycles. The standard InChI is InChI=1S/C25H19N3O/c1-29-24-14-12-20(13-15-24)25-22(16-21(17-26)19-8-4-2-5-9-19)18-28(27-25)23-10-6-3-7-11-23/h2-16,18H,1H3/b21-16-. The zero-order chi connectivity index (χ0) is 20.1. The molecule has 1 heterocycles. The molecule has 0 unspecified atom stereocenters. The molecule has 4 aromatic rings. The zero-order valence-electron chi connectivity index (χ0n) is 16.0. The van der Waals surface area contributed by atoms with E-state index >= 15 is 0 Å². The highest BCUT2D eigenvalue weighted by atomic mass is 16.5. The Morgan fingerprint density at radius 3 is 2.21 bits per heavy atom. The third kappa shape index (κ3) is 3.95. The van der Waals surface area contributed by atoms with Gasteiger partial charge in [0.15, 0.2) is 0 Å². The molecule has 0 aliphatic carbocycles.